The molecule has 0 bridgehead atoms. The van der Waals surface area contributed by atoms with Crippen molar-refractivity contribution in [3.8, 4) is 0 Å². The molecule has 0 radical (unpaired) electrons. The molecular formula is C12H14BrN3S. The van der Waals surface area contributed by atoms with Gasteiger partial charge in [0.05, 0.1) is 11.7 Å². The zero-order valence-electron chi connectivity index (χ0n) is 9.77. The number of aromatic nitrogens is 2. The molecule has 5 heteroatoms. The highest BCUT2D eigenvalue weighted by atomic mass is 79.9. The third-order valence-electron chi connectivity index (χ3n) is 2.50. The number of aryl methyl sites for hydroxylation is 1. The van der Waals surface area contributed by atoms with Gasteiger partial charge in [-0.05, 0) is 41.4 Å². The van der Waals surface area contributed by atoms with Crippen molar-refractivity contribution in [2.24, 2.45) is 0 Å². The summed E-state index contributed by atoms with van der Waals surface area (Å²) in [6.07, 6.45) is 2.83. The van der Waals surface area contributed by atoms with Gasteiger partial charge in [0, 0.05) is 16.0 Å². The summed E-state index contributed by atoms with van der Waals surface area (Å²) in [4.78, 5) is 8.83. The van der Waals surface area contributed by atoms with Gasteiger partial charge in [-0.3, -0.25) is 0 Å². The van der Waals surface area contributed by atoms with E-state index in [4.69, 9.17) is 0 Å². The molecule has 0 spiro atoms. The van der Waals surface area contributed by atoms with Crippen LogP contribution < -0.4 is 5.32 Å². The van der Waals surface area contributed by atoms with Crippen LogP contribution >= 0.6 is 27.3 Å². The summed E-state index contributed by atoms with van der Waals surface area (Å²) >= 11 is 5.12. The summed E-state index contributed by atoms with van der Waals surface area (Å²) in [6, 6.07) is 4.23. The summed E-state index contributed by atoms with van der Waals surface area (Å²) in [7, 11) is 0. The van der Waals surface area contributed by atoms with E-state index in [9.17, 15) is 0 Å². The largest absolute Gasteiger partial charge is 0.361 e. The lowest BCUT2D eigenvalue weighted by Gasteiger charge is -2.15. The average molecular weight is 312 g/mol. The van der Waals surface area contributed by atoms with Gasteiger partial charge in [0.15, 0.2) is 0 Å². The molecule has 2 heterocycles. The summed E-state index contributed by atoms with van der Waals surface area (Å²) in [5.41, 5.74) is 0.990. The van der Waals surface area contributed by atoms with E-state index in [2.05, 4.69) is 38.1 Å². The lowest BCUT2D eigenvalue weighted by molar-refractivity contribution is 0.737. The van der Waals surface area contributed by atoms with Gasteiger partial charge >= 0.3 is 0 Å². The second-order valence-electron chi connectivity index (χ2n) is 3.74. The zero-order valence-corrected chi connectivity index (χ0v) is 12.2. The molecule has 0 aliphatic heterocycles. The molecule has 1 unspecified atom stereocenters. The average Bonchev–Trinajstić information content (AvgIpc) is 2.84. The van der Waals surface area contributed by atoms with Crippen LogP contribution in [0.3, 0.4) is 0 Å². The predicted octanol–water partition coefficient (Wildman–Crippen LogP) is 4.17. The van der Waals surface area contributed by atoms with Crippen LogP contribution in [0.15, 0.2) is 28.2 Å². The summed E-state index contributed by atoms with van der Waals surface area (Å²) in [5, 5.41) is 6.52. The van der Waals surface area contributed by atoms with Gasteiger partial charge in [-0.15, -0.1) is 11.3 Å². The number of nitrogens with zero attached hydrogens (tertiary/aromatic N) is 2. The van der Waals surface area contributed by atoms with Gasteiger partial charge in [0.1, 0.15) is 10.8 Å². The Hall–Kier alpha value is -0.940. The minimum Gasteiger partial charge on any atom is -0.361 e. The van der Waals surface area contributed by atoms with E-state index in [0.29, 0.717) is 0 Å². The van der Waals surface area contributed by atoms with Crippen LogP contribution in [-0.4, -0.2) is 9.97 Å². The first-order chi connectivity index (χ1) is 8.20. The lowest BCUT2D eigenvalue weighted by Crippen LogP contribution is -2.10. The third kappa shape index (κ3) is 3.04. The molecule has 1 atom stereocenters. The molecule has 90 valence electrons. The Morgan fingerprint density at radius 1 is 1.47 bits per heavy atom. The van der Waals surface area contributed by atoms with Gasteiger partial charge in [-0.2, -0.15) is 0 Å². The van der Waals surface area contributed by atoms with Crippen LogP contribution in [0.2, 0.25) is 0 Å². The molecule has 0 fully saturated rings. The first kappa shape index (κ1) is 12.5. The highest BCUT2D eigenvalue weighted by Crippen LogP contribution is 2.24. The molecule has 0 saturated carbocycles. The van der Waals surface area contributed by atoms with Crippen molar-refractivity contribution in [1.29, 1.82) is 0 Å². The van der Waals surface area contributed by atoms with Crippen LogP contribution in [0.25, 0.3) is 0 Å². The number of anilines is 1. The Bertz CT molecular complexity index is 485. The number of pyridine rings is 1. The van der Waals surface area contributed by atoms with Gasteiger partial charge in [-0.1, -0.05) is 6.92 Å². The summed E-state index contributed by atoms with van der Waals surface area (Å²) < 4.78 is 1.03. The fourth-order valence-electron chi connectivity index (χ4n) is 1.55. The topological polar surface area (TPSA) is 37.8 Å². The number of hydrogen-bond acceptors (Lipinski definition) is 4. The van der Waals surface area contributed by atoms with Crippen molar-refractivity contribution in [2.75, 3.05) is 5.32 Å². The maximum absolute atomic E-state index is 4.49. The Morgan fingerprint density at radius 2 is 2.29 bits per heavy atom. The zero-order chi connectivity index (χ0) is 12.3. The molecule has 0 amide bonds. The van der Waals surface area contributed by atoms with Gasteiger partial charge in [0.25, 0.3) is 0 Å². The molecule has 3 nitrogen and oxygen atoms in total. The van der Waals surface area contributed by atoms with Crippen molar-refractivity contribution in [3.05, 3.63) is 38.9 Å². The second kappa shape index (κ2) is 5.60. The maximum atomic E-state index is 4.49. The Kier molecular flexibility index (Phi) is 4.12. The molecule has 2 rings (SSSR count). The number of hydrogen-bond donors (Lipinski definition) is 1. The molecule has 1 N–H and O–H groups in total. The Morgan fingerprint density at radius 3 is 2.88 bits per heavy atom. The number of rotatable bonds is 4. The highest BCUT2D eigenvalue weighted by Gasteiger charge is 2.12. The van der Waals surface area contributed by atoms with Crippen molar-refractivity contribution in [2.45, 2.75) is 26.3 Å². The highest BCUT2D eigenvalue weighted by molar-refractivity contribution is 9.10. The van der Waals surface area contributed by atoms with E-state index in [-0.39, 0.29) is 6.04 Å². The maximum Gasteiger partial charge on any atom is 0.126 e. The first-order valence-electron chi connectivity index (χ1n) is 5.49. The van der Waals surface area contributed by atoms with Crippen LogP contribution in [0.1, 0.15) is 30.1 Å². The van der Waals surface area contributed by atoms with E-state index in [1.54, 1.807) is 11.3 Å². The van der Waals surface area contributed by atoms with E-state index in [1.807, 2.05) is 30.6 Å². The van der Waals surface area contributed by atoms with Crippen molar-refractivity contribution >= 4 is 33.1 Å². The first-order valence-corrected chi connectivity index (χ1v) is 7.17. The molecule has 0 aliphatic carbocycles. The van der Waals surface area contributed by atoms with Gasteiger partial charge in [0.2, 0.25) is 0 Å². The van der Waals surface area contributed by atoms with Gasteiger partial charge in [-0.25, -0.2) is 9.97 Å². The van der Waals surface area contributed by atoms with Crippen molar-refractivity contribution in [1.82, 2.24) is 9.97 Å². The smallest absolute Gasteiger partial charge is 0.126 e. The quantitative estimate of drug-likeness (QED) is 0.920. The molecule has 2 aromatic rings. The number of nitrogens with one attached hydrogen (secondary N) is 1. The monoisotopic (exact) mass is 311 g/mol. The minimum atomic E-state index is 0.239. The van der Waals surface area contributed by atoms with E-state index >= 15 is 0 Å². The molecule has 2 aromatic heterocycles. The number of thiazole rings is 1. The fourth-order valence-corrected chi connectivity index (χ4v) is 2.54. The molecular weight excluding hydrogens is 298 g/mol. The fraction of sp³-hybridized carbons (Fsp3) is 0.333. The molecule has 0 saturated heterocycles. The predicted molar refractivity (Wildman–Crippen MR) is 75.4 cm³/mol. The van der Waals surface area contributed by atoms with Gasteiger partial charge < -0.3 is 5.32 Å². The molecule has 0 aromatic carbocycles. The van der Waals surface area contributed by atoms with E-state index in [0.717, 1.165) is 27.4 Å². The van der Waals surface area contributed by atoms with Crippen molar-refractivity contribution in [3.63, 3.8) is 0 Å². The SMILES string of the molecule is CCC(Nc1ccc(Br)c(C)n1)c1nccs1. The van der Waals surface area contributed by atoms with Crippen LogP contribution in [0.4, 0.5) is 5.82 Å². The lowest BCUT2D eigenvalue weighted by atomic mass is 10.2. The molecule has 17 heavy (non-hydrogen) atoms. The third-order valence-corrected chi connectivity index (χ3v) is 4.23. The number of halogens is 1. The van der Waals surface area contributed by atoms with Crippen molar-refractivity contribution < 1.29 is 0 Å². The molecule has 0 aliphatic rings. The van der Waals surface area contributed by atoms with E-state index < -0.39 is 0 Å². The normalized spacial score (nSPS) is 12.4. The van der Waals surface area contributed by atoms with Crippen LogP contribution in [0.5, 0.6) is 0 Å². The summed E-state index contributed by atoms with van der Waals surface area (Å²) in [5.74, 6) is 0.896. The second-order valence-corrected chi connectivity index (χ2v) is 5.52. The van der Waals surface area contributed by atoms with Crippen LogP contribution in [-0.2, 0) is 0 Å². The summed E-state index contributed by atoms with van der Waals surface area (Å²) in [6.45, 7) is 4.13. The Balaban J connectivity index is 2.16. The standard InChI is InChI=1S/C12H14BrN3S/c1-3-10(12-14-6-7-17-12)16-11-5-4-9(13)8(2)15-11/h4-7,10H,3H2,1-2H3,(H,15,16). The van der Waals surface area contributed by atoms with E-state index in [1.165, 1.54) is 0 Å². The Labute approximate surface area is 113 Å². The van der Waals surface area contributed by atoms with Crippen LogP contribution in [0, 0.1) is 6.92 Å². The minimum absolute atomic E-state index is 0.239.